The first-order chi connectivity index (χ1) is 7.89. The second kappa shape index (κ2) is 4.13. The van der Waals surface area contributed by atoms with Gasteiger partial charge in [0.15, 0.2) is 5.13 Å². The molecule has 3 N–H and O–H groups in total. The zero-order chi connectivity index (χ0) is 12.6. The summed E-state index contributed by atoms with van der Waals surface area (Å²) in [6.07, 6.45) is 1.64. The average Bonchev–Trinajstić information content (AvgIpc) is 2.64. The van der Waals surface area contributed by atoms with Crippen molar-refractivity contribution in [1.29, 1.82) is 0 Å². The van der Waals surface area contributed by atoms with Crippen molar-refractivity contribution in [2.24, 2.45) is 0 Å². The number of thiazole rings is 1. The number of benzene rings is 1. The fourth-order valence-electron chi connectivity index (χ4n) is 1.91. The Balaban J connectivity index is 2.50. The molecule has 1 heterocycles. The number of nitrogen functional groups attached to an aromatic ring is 1. The number of rotatable bonds is 2. The van der Waals surface area contributed by atoms with Crippen molar-refractivity contribution >= 4 is 16.5 Å². The largest absolute Gasteiger partial charge is 0.380 e. The van der Waals surface area contributed by atoms with E-state index in [0.717, 1.165) is 21.6 Å². The third-order valence-corrected chi connectivity index (χ3v) is 3.82. The summed E-state index contributed by atoms with van der Waals surface area (Å²) < 4.78 is 0. The molecule has 4 heteroatoms. The molecule has 3 nitrogen and oxygen atoms in total. The predicted molar refractivity (Wildman–Crippen MR) is 71.1 cm³/mol. The second-order valence-corrected chi connectivity index (χ2v) is 5.57. The van der Waals surface area contributed by atoms with E-state index in [9.17, 15) is 5.11 Å². The Hall–Kier alpha value is -1.39. The molecular weight excluding hydrogens is 232 g/mol. The molecular formula is C13H16N2OS. The molecule has 0 spiro atoms. The molecule has 1 aromatic carbocycles. The molecule has 2 rings (SSSR count). The number of aromatic nitrogens is 1. The van der Waals surface area contributed by atoms with Gasteiger partial charge >= 0.3 is 0 Å². The minimum atomic E-state index is -1.04. The molecule has 0 radical (unpaired) electrons. The Morgan fingerprint density at radius 2 is 1.82 bits per heavy atom. The van der Waals surface area contributed by atoms with E-state index in [2.05, 4.69) is 11.1 Å². The van der Waals surface area contributed by atoms with Gasteiger partial charge in [-0.05, 0) is 26.3 Å². The number of hydrogen-bond donors (Lipinski definition) is 2. The third kappa shape index (κ3) is 2.33. The molecule has 0 bridgehead atoms. The lowest BCUT2D eigenvalue weighted by Gasteiger charge is -2.23. The highest BCUT2D eigenvalue weighted by Gasteiger charge is 2.28. The standard InChI is InChI=1S/C13H16N2OS/c1-8-4-9(2)6-10(5-8)13(3,16)11-7-15-12(14)17-11/h4-7,16H,1-3H3,(H2,14,15). The van der Waals surface area contributed by atoms with Crippen LogP contribution in [0.25, 0.3) is 0 Å². The van der Waals surface area contributed by atoms with Gasteiger partial charge in [-0.2, -0.15) is 0 Å². The average molecular weight is 248 g/mol. The number of aliphatic hydroxyl groups is 1. The Kier molecular flexibility index (Phi) is 2.93. The number of nitrogens with two attached hydrogens (primary N) is 1. The molecule has 0 amide bonds. The van der Waals surface area contributed by atoms with Crippen LogP contribution < -0.4 is 5.73 Å². The number of aryl methyl sites for hydroxylation is 2. The van der Waals surface area contributed by atoms with Crippen LogP contribution in [-0.2, 0) is 5.60 Å². The van der Waals surface area contributed by atoms with Crippen molar-refractivity contribution in [3.05, 3.63) is 46.0 Å². The van der Waals surface area contributed by atoms with Crippen LogP contribution in [0, 0.1) is 13.8 Å². The first-order valence-corrected chi connectivity index (χ1v) is 6.24. The first kappa shape index (κ1) is 12.1. The molecule has 1 unspecified atom stereocenters. The molecule has 90 valence electrons. The highest BCUT2D eigenvalue weighted by atomic mass is 32.1. The molecule has 0 aliphatic carbocycles. The fourth-order valence-corrected chi connectivity index (χ4v) is 2.66. The zero-order valence-electron chi connectivity index (χ0n) is 10.2. The Morgan fingerprint density at radius 3 is 2.29 bits per heavy atom. The van der Waals surface area contributed by atoms with Crippen LogP contribution in [0.2, 0.25) is 0 Å². The number of anilines is 1. The third-order valence-electron chi connectivity index (χ3n) is 2.79. The van der Waals surface area contributed by atoms with E-state index < -0.39 is 5.60 Å². The van der Waals surface area contributed by atoms with E-state index in [1.807, 2.05) is 26.0 Å². The van der Waals surface area contributed by atoms with Crippen LogP contribution in [0.4, 0.5) is 5.13 Å². The molecule has 0 saturated carbocycles. The maximum Gasteiger partial charge on any atom is 0.180 e. The zero-order valence-corrected chi connectivity index (χ0v) is 11.0. The fraction of sp³-hybridized carbons (Fsp3) is 0.308. The summed E-state index contributed by atoms with van der Waals surface area (Å²) in [5, 5.41) is 11.1. The molecule has 0 aliphatic rings. The molecule has 1 aromatic heterocycles. The summed E-state index contributed by atoms with van der Waals surface area (Å²) in [6.45, 7) is 5.81. The second-order valence-electron chi connectivity index (χ2n) is 4.51. The summed E-state index contributed by atoms with van der Waals surface area (Å²) in [4.78, 5) is 4.75. The normalized spacial score (nSPS) is 14.6. The Labute approximate surface area is 105 Å². The van der Waals surface area contributed by atoms with Crippen molar-refractivity contribution in [3.8, 4) is 0 Å². The highest BCUT2D eigenvalue weighted by molar-refractivity contribution is 7.15. The first-order valence-electron chi connectivity index (χ1n) is 5.42. The minimum Gasteiger partial charge on any atom is -0.380 e. The van der Waals surface area contributed by atoms with Crippen molar-refractivity contribution in [3.63, 3.8) is 0 Å². The molecule has 0 aliphatic heterocycles. The van der Waals surface area contributed by atoms with Gasteiger partial charge in [-0.15, -0.1) is 0 Å². The highest BCUT2D eigenvalue weighted by Crippen LogP contribution is 2.34. The van der Waals surface area contributed by atoms with Gasteiger partial charge in [0.25, 0.3) is 0 Å². The lowest BCUT2D eigenvalue weighted by molar-refractivity contribution is 0.106. The van der Waals surface area contributed by atoms with Gasteiger partial charge in [-0.25, -0.2) is 4.98 Å². The number of hydrogen-bond acceptors (Lipinski definition) is 4. The summed E-state index contributed by atoms with van der Waals surface area (Å²) in [5.74, 6) is 0. The minimum absolute atomic E-state index is 0.477. The van der Waals surface area contributed by atoms with Gasteiger partial charge < -0.3 is 10.8 Å². The van der Waals surface area contributed by atoms with Gasteiger partial charge in [-0.1, -0.05) is 40.7 Å². The smallest absolute Gasteiger partial charge is 0.180 e. The lowest BCUT2D eigenvalue weighted by atomic mass is 9.92. The summed E-state index contributed by atoms with van der Waals surface area (Å²) in [7, 11) is 0. The molecule has 17 heavy (non-hydrogen) atoms. The van der Waals surface area contributed by atoms with Crippen LogP contribution in [0.15, 0.2) is 24.4 Å². The van der Waals surface area contributed by atoms with Crippen LogP contribution in [-0.4, -0.2) is 10.1 Å². The van der Waals surface area contributed by atoms with E-state index in [1.165, 1.54) is 11.3 Å². The Morgan fingerprint density at radius 1 is 1.24 bits per heavy atom. The maximum absolute atomic E-state index is 10.6. The van der Waals surface area contributed by atoms with Crippen LogP contribution in [0.1, 0.15) is 28.5 Å². The van der Waals surface area contributed by atoms with Gasteiger partial charge in [0, 0.05) is 6.20 Å². The van der Waals surface area contributed by atoms with Gasteiger partial charge in [0.1, 0.15) is 5.60 Å². The van der Waals surface area contributed by atoms with Gasteiger partial charge in [0.05, 0.1) is 4.88 Å². The molecule has 1 atom stereocenters. The van der Waals surface area contributed by atoms with E-state index >= 15 is 0 Å². The lowest BCUT2D eigenvalue weighted by Crippen LogP contribution is -2.21. The monoisotopic (exact) mass is 248 g/mol. The van der Waals surface area contributed by atoms with E-state index in [4.69, 9.17) is 5.73 Å². The quantitative estimate of drug-likeness (QED) is 0.858. The predicted octanol–water partition coefficient (Wildman–Crippen LogP) is 2.60. The summed E-state index contributed by atoms with van der Waals surface area (Å²) in [5.41, 5.74) is 7.72. The van der Waals surface area contributed by atoms with E-state index in [-0.39, 0.29) is 0 Å². The number of nitrogens with zero attached hydrogens (tertiary/aromatic N) is 1. The Bertz CT molecular complexity index is 526. The van der Waals surface area contributed by atoms with Gasteiger partial charge in [-0.3, -0.25) is 0 Å². The van der Waals surface area contributed by atoms with Crippen molar-refractivity contribution in [1.82, 2.24) is 4.98 Å². The van der Waals surface area contributed by atoms with E-state index in [1.54, 1.807) is 13.1 Å². The van der Waals surface area contributed by atoms with Crippen LogP contribution in [0.3, 0.4) is 0 Å². The molecule has 2 aromatic rings. The summed E-state index contributed by atoms with van der Waals surface area (Å²) in [6, 6.07) is 6.06. The van der Waals surface area contributed by atoms with Crippen LogP contribution in [0.5, 0.6) is 0 Å². The molecule has 0 saturated heterocycles. The summed E-state index contributed by atoms with van der Waals surface area (Å²) >= 11 is 1.32. The van der Waals surface area contributed by atoms with Gasteiger partial charge in [0.2, 0.25) is 0 Å². The maximum atomic E-state index is 10.6. The van der Waals surface area contributed by atoms with Crippen molar-refractivity contribution in [2.75, 3.05) is 5.73 Å². The molecule has 0 fully saturated rings. The van der Waals surface area contributed by atoms with Crippen LogP contribution >= 0.6 is 11.3 Å². The van der Waals surface area contributed by atoms with Crippen molar-refractivity contribution in [2.45, 2.75) is 26.4 Å². The topological polar surface area (TPSA) is 59.1 Å². The van der Waals surface area contributed by atoms with Crippen molar-refractivity contribution < 1.29 is 5.11 Å². The SMILES string of the molecule is Cc1cc(C)cc(C(C)(O)c2cnc(N)s2)c1. The van der Waals surface area contributed by atoms with E-state index in [0.29, 0.717) is 5.13 Å².